The third-order valence-corrected chi connectivity index (χ3v) is 1.25. The Kier molecular flexibility index (Phi) is 3.72. The van der Waals surface area contributed by atoms with Gasteiger partial charge in [-0.2, -0.15) is 0 Å². The van der Waals surface area contributed by atoms with E-state index < -0.39 is 5.97 Å². The van der Waals surface area contributed by atoms with Gasteiger partial charge < -0.3 is 15.1 Å². The van der Waals surface area contributed by atoms with Gasteiger partial charge in [0.15, 0.2) is 0 Å². The molecule has 0 atom stereocenters. The van der Waals surface area contributed by atoms with Crippen molar-refractivity contribution in [3.8, 4) is 0 Å². The van der Waals surface area contributed by atoms with Crippen molar-refractivity contribution in [2.24, 2.45) is 0 Å². The molecule has 1 aromatic heterocycles. The number of aromatic nitrogens is 1. The SMILES string of the molecule is N=c1ccccn1CC(=O)O.O. The summed E-state index contributed by atoms with van der Waals surface area (Å²) < 4.78 is 1.35. The molecule has 1 aromatic rings. The number of aliphatic carboxylic acids is 1. The highest BCUT2D eigenvalue weighted by Crippen LogP contribution is 1.80. The lowest BCUT2D eigenvalue weighted by atomic mass is 10.4. The molecule has 0 aliphatic carbocycles. The monoisotopic (exact) mass is 170 g/mol. The Morgan fingerprint density at radius 1 is 1.58 bits per heavy atom. The van der Waals surface area contributed by atoms with E-state index in [4.69, 9.17) is 10.5 Å². The standard InChI is InChI=1S/C7H8N2O2.H2O/c8-6-3-1-2-4-9(6)5-7(10)11;/h1-4,8H,5H2,(H,10,11);1H2. The van der Waals surface area contributed by atoms with Crippen LogP contribution < -0.4 is 5.49 Å². The zero-order valence-corrected chi connectivity index (χ0v) is 6.32. The first kappa shape index (κ1) is 10.4. The van der Waals surface area contributed by atoms with E-state index in [9.17, 15) is 4.79 Å². The van der Waals surface area contributed by atoms with E-state index in [1.165, 1.54) is 4.57 Å². The minimum Gasteiger partial charge on any atom is -0.480 e. The van der Waals surface area contributed by atoms with Crippen LogP contribution in [0, 0.1) is 5.41 Å². The Bertz CT molecular complexity index is 318. The molecule has 0 unspecified atom stereocenters. The van der Waals surface area contributed by atoms with Crippen LogP contribution >= 0.6 is 0 Å². The van der Waals surface area contributed by atoms with Gasteiger partial charge in [0.25, 0.3) is 0 Å². The number of carboxylic acid groups (broad SMARTS) is 1. The fraction of sp³-hybridized carbons (Fsp3) is 0.143. The van der Waals surface area contributed by atoms with Gasteiger partial charge >= 0.3 is 5.97 Å². The van der Waals surface area contributed by atoms with Crippen LogP contribution in [0.3, 0.4) is 0 Å². The van der Waals surface area contributed by atoms with E-state index in [1.54, 1.807) is 24.4 Å². The molecule has 0 aliphatic heterocycles. The van der Waals surface area contributed by atoms with E-state index in [0.717, 1.165) is 0 Å². The summed E-state index contributed by atoms with van der Waals surface area (Å²) >= 11 is 0. The molecule has 0 saturated carbocycles. The van der Waals surface area contributed by atoms with Crippen molar-refractivity contribution in [3.63, 3.8) is 0 Å². The van der Waals surface area contributed by atoms with Gasteiger partial charge in [0.2, 0.25) is 0 Å². The van der Waals surface area contributed by atoms with Crippen LogP contribution in [-0.4, -0.2) is 21.1 Å². The second-order valence-corrected chi connectivity index (χ2v) is 2.11. The maximum absolute atomic E-state index is 10.2. The first-order valence-corrected chi connectivity index (χ1v) is 3.12. The van der Waals surface area contributed by atoms with Gasteiger partial charge in [-0.1, -0.05) is 6.07 Å². The summed E-state index contributed by atoms with van der Waals surface area (Å²) in [7, 11) is 0. The van der Waals surface area contributed by atoms with E-state index >= 15 is 0 Å². The van der Waals surface area contributed by atoms with Crippen molar-refractivity contribution in [2.45, 2.75) is 6.54 Å². The third-order valence-electron chi connectivity index (χ3n) is 1.25. The Balaban J connectivity index is 0.00000121. The summed E-state index contributed by atoms with van der Waals surface area (Å²) in [6.07, 6.45) is 1.57. The van der Waals surface area contributed by atoms with Crippen molar-refractivity contribution in [1.29, 1.82) is 5.41 Å². The molecule has 0 spiro atoms. The van der Waals surface area contributed by atoms with Crippen molar-refractivity contribution in [1.82, 2.24) is 4.57 Å². The Hall–Kier alpha value is -1.62. The first-order valence-electron chi connectivity index (χ1n) is 3.12. The maximum atomic E-state index is 10.2. The second-order valence-electron chi connectivity index (χ2n) is 2.11. The topological polar surface area (TPSA) is 97.6 Å². The number of carbonyl (C=O) groups is 1. The van der Waals surface area contributed by atoms with Crippen molar-refractivity contribution in [2.75, 3.05) is 0 Å². The number of nitrogens with zero attached hydrogens (tertiary/aromatic N) is 1. The molecule has 0 saturated heterocycles. The van der Waals surface area contributed by atoms with Crippen LogP contribution in [0.2, 0.25) is 0 Å². The molecule has 5 nitrogen and oxygen atoms in total. The molecular formula is C7H10N2O3. The highest BCUT2D eigenvalue weighted by Gasteiger charge is 1.96. The van der Waals surface area contributed by atoms with Crippen LogP contribution in [-0.2, 0) is 11.3 Å². The largest absolute Gasteiger partial charge is 0.480 e. The molecule has 0 aliphatic rings. The molecule has 0 aromatic carbocycles. The van der Waals surface area contributed by atoms with Gasteiger partial charge in [-0.15, -0.1) is 0 Å². The molecular weight excluding hydrogens is 160 g/mol. The van der Waals surface area contributed by atoms with Gasteiger partial charge in [-0.3, -0.25) is 10.2 Å². The van der Waals surface area contributed by atoms with Crippen LogP contribution in [0.4, 0.5) is 0 Å². The van der Waals surface area contributed by atoms with E-state index in [1.807, 2.05) is 0 Å². The molecule has 0 bridgehead atoms. The fourth-order valence-electron chi connectivity index (χ4n) is 0.760. The zero-order valence-electron chi connectivity index (χ0n) is 6.32. The second kappa shape index (κ2) is 4.30. The molecule has 66 valence electrons. The minimum absolute atomic E-state index is 0. The van der Waals surface area contributed by atoms with Crippen LogP contribution in [0.5, 0.6) is 0 Å². The summed E-state index contributed by atoms with van der Waals surface area (Å²) in [5, 5.41) is 15.7. The van der Waals surface area contributed by atoms with E-state index in [-0.39, 0.29) is 17.5 Å². The Morgan fingerprint density at radius 2 is 2.25 bits per heavy atom. The van der Waals surface area contributed by atoms with Crippen molar-refractivity contribution < 1.29 is 15.4 Å². The van der Waals surface area contributed by atoms with Gasteiger partial charge in [0, 0.05) is 6.20 Å². The lowest BCUT2D eigenvalue weighted by Gasteiger charge is -2.00. The number of pyridine rings is 1. The number of carboxylic acids is 1. The predicted molar refractivity (Wildman–Crippen MR) is 41.5 cm³/mol. The van der Waals surface area contributed by atoms with Crippen LogP contribution in [0.25, 0.3) is 0 Å². The molecule has 4 N–H and O–H groups in total. The molecule has 5 heteroatoms. The number of nitrogens with one attached hydrogen (secondary N) is 1. The quantitative estimate of drug-likeness (QED) is 0.609. The van der Waals surface area contributed by atoms with E-state index in [2.05, 4.69) is 0 Å². The lowest BCUT2D eigenvalue weighted by Crippen LogP contribution is -2.22. The van der Waals surface area contributed by atoms with Gasteiger partial charge in [0.1, 0.15) is 12.0 Å². The normalized spacial score (nSPS) is 8.67. The minimum atomic E-state index is -0.935. The summed E-state index contributed by atoms with van der Waals surface area (Å²) in [4.78, 5) is 10.2. The van der Waals surface area contributed by atoms with Gasteiger partial charge in [-0.05, 0) is 12.1 Å². The Labute approximate surface area is 68.7 Å². The van der Waals surface area contributed by atoms with E-state index in [0.29, 0.717) is 0 Å². The average molecular weight is 170 g/mol. The first-order chi connectivity index (χ1) is 5.20. The fourth-order valence-corrected chi connectivity index (χ4v) is 0.760. The molecule has 12 heavy (non-hydrogen) atoms. The summed E-state index contributed by atoms with van der Waals surface area (Å²) in [5.74, 6) is -0.935. The average Bonchev–Trinajstić information content (AvgIpc) is 1.93. The molecule has 0 amide bonds. The maximum Gasteiger partial charge on any atom is 0.323 e. The molecule has 0 fully saturated rings. The summed E-state index contributed by atoms with van der Waals surface area (Å²) in [5.41, 5.74) is 0.204. The van der Waals surface area contributed by atoms with Gasteiger partial charge in [0.05, 0.1) is 0 Å². The zero-order chi connectivity index (χ0) is 8.27. The lowest BCUT2D eigenvalue weighted by molar-refractivity contribution is -0.137. The molecule has 1 rings (SSSR count). The molecule has 1 heterocycles. The van der Waals surface area contributed by atoms with Crippen LogP contribution in [0.15, 0.2) is 24.4 Å². The summed E-state index contributed by atoms with van der Waals surface area (Å²) in [6.45, 7) is -0.153. The predicted octanol–water partition coefficient (Wildman–Crippen LogP) is -0.773. The highest BCUT2D eigenvalue weighted by molar-refractivity contribution is 5.66. The molecule has 0 radical (unpaired) electrons. The van der Waals surface area contributed by atoms with Crippen LogP contribution in [0.1, 0.15) is 0 Å². The van der Waals surface area contributed by atoms with Gasteiger partial charge in [-0.25, -0.2) is 0 Å². The highest BCUT2D eigenvalue weighted by atomic mass is 16.4. The van der Waals surface area contributed by atoms with Crippen molar-refractivity contribution in [3.05, 3.63) is 29.9 Å². The Morgan fingerprint density at radius 3 is 2.75 bits per heavy atom. The number of hydrogen-bond donors (Lipinski definition) is 2. The number of rotatable bonds is 2. The number of hydrogen-bond acceptors (Lipinski definition) is 2. The summed E-state index contributed by atoms with van der Waals surface area (Å²) in [6, 6.07) is 4.94. The smallest absolute Gasteiger partial charge is 0.323 e. The van der Waals surface area contributed by atoms with Crippen molar-refractivity contribution >= 4 is 5.97 Å². The third kappa shape index (κ3) is 2.55.